The van der Waals surface area contributed by atoms with E-state index in [0.717, 1.165) is 175 Å². The second-order valence-corrected chi connectivity index (χ2v) is 40.4. The van der Waals surface area contributed by atoms with Gasteiger partial charge in [0.15, 0.2) is 0 Å². The maximum atomic E-state index is 6.75. The van der Waals surface area contributed by atoms with Crippen LogP contribution < -0.4 is 29.1 Å². The molecule has 26 aromatic rings. The lowest BCUT2D eigenvalue weighted by molar-refractivity contribution is 0.415. The van der Waals surface area contributed by atoms with Crippen molar-refractivity contribution in [3.63, 3.8) is 0 Å². The molecule has 0 spiro atoms. The molecule has 0 fully saturated rings. The molecule has 14 heteroatoms. The Morgan fingerprint density at radius 2 is 0.594 bits per heavy atom. The van der Waals surface area contributed by atoms with Gasteiger partial charge in [0.2, 0.25) is 0 Å². The summed E-state index contributed by atoms with van der Waals surface area (Å²) in [6.45, 7) is 4.64. The summed E-state index contributed by atoms with van der Waals surface area (Å²) < 4.78 is 35.4. The smallest absolute Gasteiger partial charge is 0.137 e. The summed E-state index contributed by atoms with van der Waals surface area (Å²) in [5, 5.41) is 19.7. The molecule has 0 bridgehead atoms. The van der Waals surface area contributed by atoms with Crippen LogP contribution in [0.5, 0.6) is 11.5 Å². The van der Waals surface area contributed by atoms with Crippen molar-refractivity contribution >= 4 is 268 Å². The highest BCUT2D eigenvalue weighted by Crippen LogP contribution is 2.55. The van der Waals surface area contributed by atoms with Crippen LogP contribution in [0.3, 0.4) is 0 Å². The van der Waals surface area contributed by atoms with Gasteiger partial charge in [-0.1, -0.05) is 292 Å². The van der Waals surface area contributed by atoms with Crippen LogP contribution in [0.15, 0.2) is 488 Å². The van der Waals surface area contributed by atoms with E-state index in [1.54, 1.807) is 25.6 Å². The number of para-hydroxylation sites is 5. The Morgan fingerprint density at radius 3 is 1.10 bits per heavy atom. The minimum absolute atomic E-state index is 0.0104. The Hall–Kier alpha value is -16.0. The van der Waals surface area contributed by atoms with E-state index in [4.69, 9.17) is 34.3 Å². The summed E-state index contributed by atoms with van der Waals surface area (Å²) in [7, 11) is 3.38. The molecule has 0 N–H and O–H groups in total. The number of thiophene rings is 1. The zero-order chi connectivity index (χ0) is 96.5. The number of furan rings is 3. The summed E-state index contributed by atoms with van der Waals surface area (Å²) in [6.07, 6.45) is 0. The fourth-order valence-electron chi connectivity index (χ4n) is 20.8. The molecule has 688 valence electrons. The van der Waals surface area contributed by atoms with Gasteiger partial charge in [-0.3, -0.25) is 0 Å². The molecule has 0 saturated carbocycles. The van der Waals surface area contributed by atoms with Gasteiger partial charge < -0.3 is 42.3 Å². The number of rotatable bonds is 15. The normalized spacial score (nSPS) is 12.0. The molecule has 0 aliphatic heterocycles. The fraction of sp³-hybridized carbons (Fsp3) is 0.0388. The van der Waals surface area contributed by atoms with Crippen molar-refractivity contribution in [3.05, 3.63) is 491 Å². The molecular formula is C129H88Br3ClN4O5S. The number of halogens is 4. The van der Waals surface area contributed by atoms with Crippen molar-refractivity contribution in [3.8, 4) is 33.8 Å². The topological polar surface area (TPSA) is 70.8 Å². The summed E-state index contributed by atoms with van der Waals surface area (Å²) in [5.41, 5.74) is 26.1. The molecule has 27 rings (SSSR count). The third-order valence-corrected chi connectivity index (χ3v) is 30.2. The Morgan fingerprint density at radius 1 is 0.238 bits per heavy atom. The van der Waals surface area contributed by atoms with Crippen LogP contribution in [0.1, 0.15) is 25.0 Å². The third kappa shape index (κ3) is 16.7. The number of hydrogen-bond acceptors (Lipinski definition) is 10. The van der Waals surface area contributed by atoms with Crippen LogP contribution in [0.2, 0.25) is 5.02 Å². The molecule has 143 heavy (non-hydrogen) atoms. The minimum Gasteiger partial charge on any atom is -0.497 e. The number of ether oxygens (including phenoxy) is 2. The van der Waals surface area contributed by atoms with E-state index in [-0.39, 0.29) is 5.41 Å². The standard InChI is InChI=1S/C38H24BrNO.C34H24ClNO2S.C33H24BrNO.C24H16BrNO/c39-26-22-35(34-21-25-11-7-8-16-30(25)31-17-9-10-18-32(31)34)38-33-20-19-29(24-36(33)41-37(38)23-26)40(27-12-3-1-4-13-27)28-14-5-2-6-15-28;1-37-23-15-11-21(12-16-23)36(22-13-17-24(38-2)18-14-22)30-20-32-34(28-10-6-4-8-26(28)30)33-27-9-5-3-7-25(27)29(35)19-31(33)39-32;1-33(2)29-11-7-6-10-25(29)28-19-23(14-17-30(28)33)35(22-8-4-3-5-9-22)24-13-16-27-26-15-12-21(34)18-31(26)36-32(27)20-24;25-17-11-13-21-22-14-12-20(16-24(22)27-23(21)15-17)26(18-7-3-1-4-8-18)19-9-5-2-6-10-19/h1-24H;3-20H,1-2H3;3-20H,1-2H3;1-16H. The van der Waals surface area contributed by atoms with Crippen LogP contribution in [0, 0.1) is 0 Å². The highest BCUT2D eigenvalue weighted by atomic mass is 79.9. The number of fused-ring (bicyclic) bond motifs is 22. The van der Waals surface area contributed by atoms with Crippen molar-refractivity contribution in [2.75, 3.05) is 33.8 Å². The van der Waals surface area contributed by atoms with Crippen molar-refractivity contribution in [1.29, 1.82) is 0 Å². The van der Waals surface area contributed by atoms with Gasteiger partial charge in [0.05, 0.1) is 19.9 Å². The zero-order valence-electron chi connectivity index (χ0n) is 78.1. The predicted molar refractivity (Wildman–Crippen MR) is 613 cm³/mol. The van der Waals surface area contributed by atoms with E-state index in [1.165, 1.54) is 85.7 Å². The monoisotopic (exact) mass is 2080 g/mol. The molecule has 0 radical (unpaired) electrons. The molecule has 9 nitrogen and oxygen atoms in total. The summed E-state index contributed by atoms with van der Waals surface area (Å²) in [4.78, 5) is 9.12. The number of benzene rings is 22. The quantitative estimate of drug-likeness (QED) is 0.0934. The average Bonchev–Trinajstić information content (AvgIpc) is 1.59. The van der Waals surface area contributed by atoms with E-state index in [9.17, 15) is 0 Å². The van der Waals surface area contributed by atoms with Crippen LogP contribution in [-0.2, 0) is 5.41 Å². The van der Waals surface area contributed by atoms with Gasteiger partial charge in [0.25, 0.3) is 0 Å². The first-order valence-electron chi connectivity index (χ1n) is 47.4. The van der Waals surface area contributed by atoms with E-state index in [2.05, 4.69) is 469 Å². The highest BCUT2D eigenvalue weighted by Gasteiger charge is 2.36. The summed E-state index contributed by atoms with van der Waals surface area (Å²) in [6, 6.07) is 162. The molecule has 4 heterocycles. The largest absolute Gasteiger partial charge is 0.497 e. The van der Waals surface area contributed by atoms with Gasteiger partial charge >= 0.3 is 0 Å². The third-order valence-electron chi connectivity index (χ3n) is 27.4. The van der Waals surface area contributed by atoms with Crippen LogP contribution in [0.25, 0.3) is 151 Å². The van der Waals surface area contributed by atoms with Gasteiger partial charge in [-0.15, -0.1) is 11.3 Å². The first-order chi connectivity index (χ1) is 70.2. The van der Waals surface area contributed by atoms with E-state index >= 15 is 0 Å². The molecule has 4 aromatic heterocycles. The fourth-order valence-corrected chi connectivity index (χ4v) is 23.5. The average molecular weight is 2080 g/mol. The lowest BCUT2D eigenvalue weighted by Crippen LogP contribution is -2.15. The first kappa shape index (κ1) is 89.6. The maximum absolute atomic E-state index is 6.75. The van der Waals surface area contributed by atoms with Crippen molar-refractivity contribution < 1.29 is 22.7 Å². The zero-order valence-corrected chi connectivity index (χ0v) is 84.5. The van der Waals surface area contributed by atoms with Gasteiger partial charge in [0, 0.05) is 168 Å². The van der Waals surface area contributed by atoms with Crippen LogP contribution in [-0.4, -0.2) is 14.2 Å². The Bertz CT molecular complexity index is 9240. The Balaban J connectivity index is 0.000000104. The van der Waals surface area contributed by atoms with Crippen molar-refractivity contribution in [2.24, 2.45) is 0 Å². The molecule has 0 amide bonds. The minimum atomic E-state index is -0.0104. The first-order valence-corrected chi connectivity index (χ1v) is 51.0. The van der Waals surface area contributed by atoms with Gasteiger partial charge in [-0.2, -0.15) is 0 Å². The van der Waals surface area contributed by atoms with Gasteiger partial charge in [-0.25, -0.2) is 0 Å². The summed E-state index contributed by atoms with van der Waals surface area (Å²) in [5.74, 6) is 1.64. The molecule has 1 aliphatic rings. The lowest BCUT2D eigenvalue weighted by Gasteiger charge is -2.27. The lowest BCUT2D eigenvalue weighted by atomic mass is 9.82. The SMILES string of the molecule is Brc1cc(-c2cc3ccccc3c3ccccc23)c2c(c1)oc1cc(N(c3ccccc3)c3ccccc3)ccc12.Brc1ccc2c(c1)oc1cc(N(c3ccccc3)c3ccccc3)ccc12.CC1(C)c2ccccc2-c2cc(N(c3ccccc3)c3ccc4c(c3)oc3cc(Br)ccc34)ccc21.COc1ccc(N(c2ccc(OC)cc2)c2cc3sc4cc(Cl)c5ccccc5c4c3c3ccccc23)cc1. The predicted octanol–water partition coefficient (Wildman–Crippen LogP) is 40.2. The number of nitrogens with zero attached hydrogens (tertiary/aromatic N) is 4. The number of hydrogen-bond donors (Lipinski definition) is 0. The molecule has 0 atom stereocenters. The molecule has 1 aliphatic carbocycles. The summed E-state index contributed by atoms with van der Waals surface area (Å²) >= 11 is 19.4. The molecule has 0 unspecified atom stereocenters. The molecule has 0 saturated heterocycles. The second kappa shape index (κ2) is 37.9. The van der Waals surface area contributed by atoms with E-state index < -0.39 is 0 Å². The van der Waals surface area contributed by atoms with Crippen molar-refractivity contribution in [2.45, 2.75) is 19.3 Å². The van der Waals surface area contributed by atoms with Gasteiger partial charge in [0.1, 0.15) is 45.0 Å². The number of methoxy groups -OCH3 is 2. The van der Waals surface area contributed by atoms with Crippen molar-refractivity contribution in [1.82, 2.24) is 0 Å². The highest BCUT2D eigenvalue weighted by molar-refractivity contribution is 9.11. The maximum Gasteiger partial charge on any atom is 0.137 e. The van der Waals surface area contributed by atoms with Gasteiger partial charge in [-0.05, 0) is 290 Å². The van der Waals surface area contributed by atoms with E-state index in [1.807, 2.05) is 72.8 Å². The Kier molecular flexibility index (Phi) is 23.8. The molecule has 22 aromatic carbocycles. The Labute approximate surface area is 860 Å². The number of anilines is 12. The van der Waals surface area contributed by atoms with Crippen LogP contribution >= 0.6 is 70.7 Å². The molecular weight excluding hydrogens is 1990 g/mol. The second-order valence-electron chi connectivity index (χ2n) is 36.2. The van der Waals surface area contributed by atoms with E-state index in [0.29, 0.717) is 0 Å². The van der Waals surface area contributed by atoms with Crippen LogP contribution in [0.4, 0.5) is 68.2 Å².